The molecule has 0 N–H and O–H groups in total. The Balaban J connectivity index is 2.29. The molecule has 2 heterocycles. The molecule has 0 amide bonds. The van der Waals surface area contributed by atoms with Gasteiger partial charge in [0.2, 0.25) is 10.0 Å². The number of rotatable bonds is 3. The van der Waals surface area contributed by atoms with Gasteiger partial charge in [-0.2, -0.15) is 4.31 Å². The number of aromatic nitrogens is 1. The Morgan fingerprint density at radius 1 is 1.59 bits per heavy atom. The number of nitrogens with zero attached hydrogens (tertiary/aromatic N) is 2. The predicted octanol–water partition coefficient (Wildman–Crippen LogP) is 1.14. The van der Waals surface area contributed by atoms with Crippen LogP contribution >= 0.6 is 11.6 Å². The van der Waals surface area contributed by atoms with E-state index in [2.05, 4.69) is 4.98 Å². The quantitative estimate of drug-likeness (QED) is 0.777. The van der Waals surface area contributed by atoms with Crippen LogP contribution in [0.4, 0.5) is 0 Å². The molecule has 7 heteroatoms. The Hall–Kier alpha value is -0.690. The standard InChI is InChI=1S/C10H13ClN2O3S/c1-16-8-4-6-13(7-8)17(14,15)9-3-2-5-12-10(9)11/h2-3,5,8H,4,6-7H2,1H3. The average Bonchev–Trinajstić information content (AvgIpc) is 2.78. The first kappa shape index (κ1) is 12.8. The van der Waals surface area contributed by atoms with Crippen LogP contribution in [-0.2, 0) is 14.8 Å². The van der Waals surface area contributed by atoms with Gasteiger partial charge in [-0.05, 0) is 18.6 Å². The van der Waals surface area contributed by atoms with Gasteiger partial charge in [0, 0.05) is 26.4 Å². The highest BCUT2D eigenvalue weighted by Gasteiger charge is 2.33. The molecule has 0 radical (unpaired) electrons. The van der Waals surface area contributed by atoms with E-state index in [1.54, 1.807) is 13.2 Å². The second-order valence-corrected chi connectivity index (χ2v) is 6.07. The molecule has 5 nitrogen and oxygen atoms in total. The summed E-state index contributed by atoms with van der Waals surface area (Å²) in [4.78, 5) is 3.84. The normalized spacial score (nSPS) is 21.9. The molecule has 0 aliphatic carbocycles. The number of methoxy groups -OCH3 is 1. The Kier molecular flexibility index (Phi) is 3.67. The minimum atomic E-state index is -3.55. The Bertz CT molecular complexity index is 506. The fourth-order valence-corrected chi connectivity index (χ4v) is 3.73. The van der Waals surface area contributed by atoms with Crippen LogP contribution in [-0.4, -0.2) is 44.0 Å². The molecule has 1 unspecified atom stereocenters. The molecule has 0 aromatic carbocycles. The monoisotopic (exact) mass is 276 g/mol. The third kappa shape index (κ3) is 2.44. The number of halogens is 1. The van der Waals surface area contributed by atoms with E-state index in [0.717, 1.165) is 0 Å². The van der Waals surface area contributed by atoms with Crippen molar-refractivity contribution in [2.75, 3.05) is 20.2 Å². The number of pyridine rings is 1. The van der Waals surface area contributed by atoms with Crippen LogP contribution in [0, 0.1) is 0 Å². The Morgan fingerprint density at radius 3 is 2.94 bits per heavy atom. The van der Waals surface area contributed by atoms with Gasteiger partial charge in [0.05, 0.1) is 6.10 Å². The van der Waals surface area contributed by atoms with E-state index < -0.39 is 10.0 Å². The molecule has 1 aromatic rings. The zero-order chi connectivity index (χ0) is 12.5. The van der Waals surface area contributed by atoms with E-state index in [-0.39, 0.29) is 16.2 Å². The zero-order valence-electron chi connectivity index (χ0n) is 9.34. The number of sulfonamides is 1. The largest absolute Gasteiger partial charge is 0.380 e. The lowest BCUT2D eigenvalue weighted by Gasteiger charge is -2.16. The molecule has 0 spiro atoms. The van der Waals surface area contributed by atoms with Crippen molar-refractivity contribution < 1.29 is 13.2 Å². The fourth-order valence-electron chi connectivity index (χ4n) is 1.81. The minimum Gasteiger partial charge on any atom is -0.380 e. The van der Waals surface area contributed by atoms with E-state index in [1.807, 2.05) is 0 Å². The maximum Gasteiger partial charge on any atom is 0.246 e. The molecule has 94 valence electrons. The van der Waals surface area contributed by atoms with Gasteiger partial charge < -0.3 is 4.74 Å². The van der Waals surface area contributed by atoms with Crippen LogP contribution in [0.1, 0.15) is 6.42 Å². The molecule has 17 heavy (non-hydrogen) atoms. The number of hydrogen-bond acceptors (Lipinski definition) is 4. The van der Waals surface area contributed by atoms with Gasteiger partial charge in [-0.25, -0.2) is 13.4 Å². The minimum absolute atomic E-state index is 0.00775. The van der Waals surface area contributed by atoms with Crippen LogP contribution in [0.5, 0.6) is 0 Å². The highest BCUT2D eigenvalue weighted by molar-refractivity contribution is 7.89. The topological polar surface area (TPSA) is 59.5 Å². The predicted molar refractivity (Wildman–Crippen MR) is 63.4 cm³/mol. The summed E-state index contributed by atoms with van der Waals surface area (Å²) in [5, 5.41) is 0.00775. The molecule has 1 aliphatic heterocycles. The summed E-state index contributed by atoms with van der Waals surface area (Å²) in [6, 6.07) is 3.02. The smallest absolute Gasteiger partial charge is 0.246 e. The molecule has 1 atom stereocenters. The van der Waals surface area contributed by atoms with Crippen LogP contribution < -0.4 is 0 Å². The van der Waals surface area contributed by atoms with Crippen molar-refractivity contribution in [3.8, 4) is 0 Å². The van der Waals surface area contributed by atoms with Crippen molar-refractivity contribution in [3.05, 3.63) is 23.5 Å². The van der Waals surface area contributed by atoms with Crippen molar-refractivity contribution in [2.45, 2.75) is 17.4 Å². The van der Waals surface area contributed by atoms with Crippen LogP contribution in [0.3, 0.4) is 0 Å². The highest BCUT2D eigenvalue weighted by atomic mass is 35.5. The number of hydrogen-bond donors (Lipinski definition) is 0. The van der Waals surface area contributed by atoms with Gasteiger partial charge in [-0.3, -0.25) is 0 Å². The Labute approximate surface area is 105 Å². The summed E-state index contributed by atoms with van der Waals surface area (Å²) >= 11 is 5.81. The van der Waals surface area contributed by atoms with Crippen molar-refractivity contribution in [1.29, 1.82) is 0 Å². The van der Waals surface area contributed by atoms with E-state index in [0.29, 0.717) is 19.5 Å². The Morgan fingerprint density at radius 2 is 2.35 bits per heavy atom. The maximum absolute atomic E-state index is 12.3. The fraction of sp³-hybridized carbons (Fsp3) is 0.500. The lowest BCUT2D eigenvalue weighted by molar-refractivity contribution is 0.115. The van der Waals surface area contributed by atoms with Crippen molar-refractivity contribution in [3.63, 3.8) is 0 Å². The molecule has 1 aromatic heterocycles. The van der Waals surface area contributed by atoms with E-state index in [9.17, 15) is 8.42 Å². The molecule has 2 rings (SSSR count). The van der Waals surface area contributed by atoms with Gasteiger partial charge in [0.25, 0.3) is 0 Å². The van der Waals surface area contributed by atoms with Crippen LogP contribution in [0.15, 0.2) is 23.2 Å². The van der Waals surface area contributed by atoms with Crippen molar-refractivity contribution in [1.82, 2.24) is 9.29 Å². The van der Waals surface area contributed by atoms with Gasteiger partial charge in [-0.1, -0.05) is 11.6 Å². The first-order valence-electron chi connectivity index (χ1n) is 5.19. The van der Waals surface area contributed by atoms with Crippen LogP contribution in [0.2, 0.25) is 5.15 Å². The lowest BCUT2D eigenvalue weighted by atomic mass is 10.3. The second-order valence-electron chi connectivity index (χ2n) is 3.80. The highest BCUT2D eigenvalue weighted by Crippen LogP contribution is 2.25. The van der Waals surface area contributed by atoms with Gasteiger partial charge >= 0.3 is 0 Å². The van der Waals surface area contributed by atoms with Gasteiger partial charge in [0.1, 0.15) is 10.0 Å². The molecular formula is C10H13ClN2O3S. The van der Waals surface area contributed by atoms with Gasteiger partial charge in [0.15, 0.2) is 0 Å². The molecule has 1 aliphatic rings. The first-order valence-corrected chi connectivity index (χ1v) is 7.01. The summed E-state index contributed by atoms with van der Waals surface area (Å²) in [6.07, 6.45) is 2.12. The first-order chi connectivity index (χ1) is 8.05. The summed E-state index contributed by atoms with van der Waals surface area (Å²) in [7, 11) is -1.97. The molecule has 0 bridgehead atoms. The summed E-state index contributed by atoms with van der Waals surface area (Å²) < 4.78 is 31.1. The second kappa shape index (κ2) is 4.89. The molecular weight excluding hydrogens is 264 g/mol. The summed E-state index contributed by atoms with van der Waals surface area (Å²) in [6.45, 7) is 0.816. The van der Waals surface area contributed by atoms with Crippen molar-refractivity contribution >= 4 is 21.6 Å². The molecule has 0 saturated carbocycles. The van der Waals surface area contributed by atoms with Crippen LogP contribution in [0.25, 0.3) is 0 Å². The average molecular weight is 277 g/mol. The van der Waals surface area contributed by atoms with Gasteiger partial charge in [-0.15, -0.1) is 0 Å². The zero-order valence-corrected chi connectivity index (χ0v) is 10.9. The third-order valence-electron chi connectivity index (χ3n) is 2.78. The van der Waals surface area contributed by atoms with E-state index in [4.69, 9.17) is 16.3 Å². The number of ether oxygens (including phenoxy) is 1. The lowest BCUT2D eigenvalue weighted by Crippen LogP contribution is -2.30. The maximum atomic E-state index is 12.3. The molecule has 1 saturated heterocycles. The van der Waals surface area contributed by atoms with E-state index in [1.165, 1.54) is 16.6 Å². The third-order valence-corrected chi connectivity index (χ3v) is 5.09. The van der Waals surface area contributed by atoms with E-state index >= 15 is 0 Å². The molecule has 1 fully saturated rings. The summed E-state index contributed by atoms with van der Waals surface area (Å²) in [5.74, 6) is 0. The van der Waals surface area contributed by atoms with Crippen molar-refractivity contribution in [2.24, 2.45) is 0 Å². The summed E-state index contributed by atoms with van der Waals surface area (Å²) in [5.41, 5.74) is 0. The SMILES string of the molecule is COC1CCN(S(=O)(=O)c2cccnc2Cl)C1.